The number of aliphatic hydroxyl groups excluding tert-OH is 1. The topological polar surface area (TPSA) is 58.4 Å². The minimum Gasteiger partial charge on any atom is -0.396 e. The van der Waals surface area contributed by atoms with Crippen LogP contribution in [0.25, 0.3) is 5.69 Å². The van der Waals surface area contributed by atoms with Crippen LogP contribution in [0.3, 0.4) is 0 Å². The van der Waals surface area contributed by atoms with E-state index in [1.54, 1.807) is 4.90 Å². The Morgan fingerprint density at radius 2 is 2.19 bits per heavy atom. The van der Waals surface area contributed by atoms with Gasteiger partial charge in [0.05, 0.1) is 29.7 Å². The maximum Gasteiger partial charge on any atom is 0.256 e. The van der Waals surface area contributed by atoms with Crippen molar-refractivity contribution in [2.75, 3.05) is 13.7 Å². The molecule has 0 spiro atoms. The van der Waals surface area contributed by atoms with Crippen molar-refractivity contribution < 1.29 is 9.90 Å². The third-order valence-electron chi connectivity index (χ3n) is 4.47. The molecule has 0 saturated heterocycles. The van der Waals surface area contributed by atoms with Gasteiger partial charge in [-0.25, -0.2) is 4.98 Å². The Hall–Kier alpha value is -2.14. The Bertz CT molecular complexity index is 722. The monoisotopic (exact) mass is 283 g/mol. The number of hydrogen-bond acceptors (Lipinski definition) is 3. The zero-order valence-corrected chi connectivity index (χ0v) is 11.9. The van der Waals surface area contributed by atoms with Gasteiger partial charge in [0.1, 0.15) is 5.82 Å². The fourth-order valence-electron chi connectivity index (χ4n) is 3.19. The van der Waals surface area contributed by atoms with E-state index in [0.717, 1.165) is 23.6 Å². The minimum absolute atomic E-state index is 0.0368. The number of amides is 1. The van der Waals surface area contributed by atoms with E-state index < -0.39 is 0 Å². The molecule has 1 aromatic heterocycles. The van der Waals surface area contributed by atoms with Crippen LogP contribution in [0.5, 0.6) is 0 Å². The van der Waals surface area contributed by atoms with Crippen molar-refractivity contribution in [1.82, 2.24) is 14.5 Å². The van der Waals surface area contributed by atoms with Crippen LogP contribution in [-0.2, 0) is 6.54 Å². The molecule has 1 amide bonds. The van der Waals surface area contributed by atoms with Crippen LogP contribution in [0, 0.1) is 5.92 Å². The Balaban J connectivity index is 1.91. The first-order valence-electron chi connectivity index (χ1n) is 7.23. The van der Waals surface area contributed by atoms with Crippen LogP contribution in [0.4, 0.5) is 0 Å². The van der Waals surface area contributed by atoms with Crippen LogP contribution in [0.1, 0.15) is 34.2 Å². The molecule has 1 fully saturated rings. The largest absolute Gasteiger partial charge is 0.396 e. The van der Waals surface area contributed by atoms with E-state index >= 15 is 0 Å². The van der Waals surface area contributed by atoms with E-state index in [4.69, 9.17) is 0 Å². The Kier molecular flexibility index (Phi) is 2.65. The lowest BCUT2D eigenvalue weighted by molar-refractivity contribution is 0.0788. The number of fused-ring (bicyclic) bond motifs is 3. The minimum atomic E-state index is 0.0368. The number of carbonyl (C=O) groups excluding carboxylic acids is 1. The maximum absolute atomic E-state index is 12.5. The van der Waals surface area contributed by atoms with Gasteiger partial charge in [0, 0.05) is 19.6 Å². The van der Waals surface area contributed by atoms with Gasteiger partial charge >= 0.3 is 0 Å². The van der Waals surface area contributed by atoms with Gasteiger partial charge in [0.25, 0.3) is 5.91 Å². The smallest absolute Gasteiger partial charge is 0.256 e. The predicted octanol–water partition coefficient (Wildman–Crippen LogP) is 1.55. The van der Waals surface area contributed by atoms with Gasteiger partial charge in [-0.1, -0.05) is 12.1 Å². The molecule has 1 N–H and O–H groups in total. The highest BCUT2D eigenvalue weighted by Gasteiger charge is 2.42. The van der Waals surface area contributed by atoms with E-state index in [1.165, 1.54) is 0 Å². The first-order valence-corrected chi connectivity index (χ1v) is 7.23. The number of aromatic nitrogens is 2. The molecule has 1 aliphatic heterocycles. The van der Waals surface area contributed by atoms with Crippen molar-refractivity contribution >= 4 is 5.91 Å². The van der Waals surface area contributed by atoms with Crippen molar-refractivity contribution in [3.05, 3.63) is 47.5 Å². The molecule has 2 unspecified atom stereocenters. The molecule has 5 heteroatoms. The van der Waals surface area contributed by atoms with Crippen molar-refractivity contribution in [3.8, 4) is 5.69 Å². The number of rotatable bonds is 2. The molecule has 1 aliphatic carbocycles. The molecule has 108 valence electrons. The summed E-state index contributed by atoms with van der Waals surface area (Å²) in [4.78, 5) is 18.8. The second-order valence-corrected chi connectivity index (χ2v) is 5.91. The number of imidazole rings is 1. The Labute approximate surface area is 122 Å². The molecule has 1 saturated carbocycles. The number of carbonyl (C=O) groups is 1. The lowest BCUT2D eigenvalue weighted by Crippen LogP contribution is -2.24. The van der Waals surface area contributed by atoms with Gasteiger partial charge in [0.15, 0.2) is 0 Å². The first kappa shape index (κ1) is 12.6. The Morgan fingerprint density at radius 1 is 1.38 bits per heavy atom. The summed E-state index contributed by atoms with van der Waals surface area (Å²) in [6, 6.07) is 7.67. The molecule has 21 heavy (non-hydrogen) atoms. The van der Waals surface area contributed by atoms with Crippen molar-refractivity contribution in [3.63, 3.8) is 0 Å². The fourth-order valence-corrected chi connectivity index (χ4v) is 3.19. The van der Waals surface area contributed by atoms with Crippen molar-refractivity contribution in [2.24, 2.45) is 5.92 Å². The van der Waals surface area contributed by atoms with E-state index in [2.05, 4.69) is 9.55 Å². The normalized spacial score (nSPS) is 23.5. The summed E-state index contributed by atoms with van der Waals surface area (Å²) in [7, 11) is 1.81. The molecule has 2 aliphatic rings. The van der Waals surface area contributed by atoms with Crippen molar-refractivity contribution in [2.45, 2.75) is 18.9 Å². The molecule has 4 rings (SSSR count). The molecule has 2 heterocycles. The summed E-state index contributed by atoms with van der Waals surface area (Å²) in [6.45, 7) is 0.754. The van der Waals surface area contributed by atoms with Gasteiger partial charge in [-0.15, -0.1) is 0 Å². The third kappa shape index (κ3) is 1.81. The van der Waals surface area contributed by atoms with Crippen LogP contribution in [0.15, 0.2) is 30.5 Å². The summed E-state index contributed by atoms with van der Waals surface area (Å²) in [5, 5.41) is 9.31. The molecule has 2 atom stereocenters. The van der Waals surface area contributed by atoms with E-state index in [1.807, 2.05) is 37.5 Å². The number of para-hydroxylation sites is 1. The van der Waals surface area contributed by atoms with E-state index in [9.17, 15) is 9.90 Å². The fraction of sp³-hybridized carbons (Fsp3) is 0.375. The van der Waals surface area contributed by atoms with E-state index in [-0.39, 0.29) is 12.5 Å². The number of aliphatic hydroxyl groups is 1. The maximum atomic E-state index is 12.5. The molecular weight excluding hydrogens is 266 g/mol. The third-order valence-corrected chi connectivity index (χ3v) is 4.47. The SMILES string of the molecule is CN1Cc2cnc(C3CC3CO)n2-c2ccccc2C1=O. The lowest BCUT2D eigenvalue weighted by atomic mass is 10.1. The van der Waals surface area contributed by atoms with Gasteiger partial charge < -0.3 is 10.0 Å². The molecule has 0 radical (unpaired) electrons. The molecule has 5 nitrogen and oxygen atoms in total. The lowest BCUT2D eigenvalue weighted by Gasteiger charge is -2.13. The van der Waals surface area contributed by atoms with E-state index in [0.29, 0.717) is 23.9 Å². The zero-order chi connectivity index (χ0) is 14.6. The van der Waals surface area contributed by atoms with Crippen molar-refractivity contribution in [1.29, 1.82) is 0 Å². The van der Waals surface area contributed by atoms with Gasteiger partial charge in [0.2, 0.25) is 0 Å². The second kappa shape index (κ2) is 4.43. The van der Waals surface area contributed by atoms with Crippen LogP contribution in [-0.4, -0.2) is 39.1 Å². The molecule has 0 bridgehead atoms. The number of hydrogen-bond donors (Lipinski definition) is 1. The highest BCUT2D eigenvalue weighted by Crippen LogP contribution is 2.47. The summed E-state index contributed by atoms with van der Waals surface area (Å²) >= 11 is 0. The summed E-state index contributed by atoms with van der Waals surface area (Å²) < 4.78 is 2.11. The van der Waals surface area contributed by atoms with Crippen LogP contribution in [0.2, 0.25) is 0 Å². The molecule has 2 aromatic rings. The average molecular weight is 283 g/mol. The number of benzene rings is 1. The first-order chi connectivity index (χ1) is 10.2. The second-order valence-electron chi connectivity index (χ2n) is 5.91. The summed E-state index contributed by atoms with van der Waals surface area (Å²) in [5.74, 6) is 1.62. The van der Waals surface area contributed by atoms with Crippen LogP contribution >= 0.6 is 0 Å². The Morgan fingerprint density at radius 3 is 2.95 bits per heavy atom. The average Bonchev–Trinajstić information content (AvgIpc) is 3.20. The predicted molar refractivity (Wildman–Crippen MR) is 77.3 cm³/mol. The highest BCUT2D eigenvalue weighted by atomic mass is 16.3. The quantitative estimate of drug-likeness (QED) is 0.910. The van der Waals surface area contributed by atoms with Gasteiger partial charge in [-0.2, -0.15) is 0 Å². The summed E-state index contributed by atoms with van der Waals surface area (Å²) in [5.41, 5.74) is 2.63. The highest BCUT2D eigenvalue weighted by molar-refractivity contribution is 5.98. The molecular formula is C16H17N3O2. The molecule has 1 aromatic carbocycles. The zero-order valence-electron chi connectivity index (χ0n) is 11.9. The number of nitrogens with zero attached hydrogens (tertiary/aromatic N) is 3. The van der Waals surface area contributed by atoms with Gasteiger partial charge in [-0.3, -0.25) is 9.36 Å². The summed E-state index contributed by atoms with van der Waals surface area (Å²) in [6.07, 6.45) is 2.83. The standard InChI is InChI=1S/C16H17N3O2/c1-18-8-11-7-17-15(13-6-10(13)9-20)19(11)14-5-3-2-4-12(14)16(18)21/h2-5,7,10,13,20H,6,8-9H2,1H3. The van der Waals surface area contributed by atoms with Gasteiger partial charge in [-0.05, 0) is 24.5 Å². The van der Waals surface area contributed by atoms with Crippen LogP contribution < -0.4 is 0 Å².